The third kappa shape index (κ3) is 6.63. The fourth-order valence-electron chi connectivity index (χ4n) is 4.04. The molecule has 0 spiro atoms. The molecule has 2 heterocycles. The molecule has 1 amide bonds. The summed E-state index contributed by atoms with van der Waals surface area (Å²) in [7, 11) is 0. The second kappa shape index (κ2) is 13.1. The van der Waals surface area contributed by atoms with Crippen LogP contribution in [0.25, 0.3) is 22.1 Å². The number of amides is 1. The van der Waals surface area contributed by atoms with Crippen LogP contribution in [0.1, 0.15) is 29.8 Å². The van der Waals surface area contributed by atoms with Gasteiger partial charge in [0, 0.05) is 16.6 Å². The summed E-state index contributed by atoms with van der Waals surface area (Å²) < 4.78 is 17.1. The van der Waals surface area contributed by atoms with Gasteiger partial charge in [-0.1, -0.05) is 18.2 Å². The number of nitrogens with zero attached hydrogens (tertiary/aromatic N) is 4. The molecule has 0 unspecified atom stereocenters. The van der Waals surface area contributed by atoms with Gasteiger partial charge in [0.15, 0.2) is 23.8 Å². The number of aromatic nitrogens is 4. The van der Waals surface area contributed by atoms with E-state index in [4.69, 9.17) is 14.2 Å². The first-order valence-corrected chi connectivity index (χ1v) is 13.8. The highest BCUT2D eigenvalue weighted by molar-refractivity contribution is 9.10. The van der Waals surface area contributed by atoms with Crippen molar-refractivity contribution in [1.29, 1.82) is 0 Å². The smallest absolute Gasteiger partial charge is 0.338 e. The van der Waals surface area contributed by atoms with Crippen molar-refractivity contribution >= 4 is 67.7 Å². The fraction of sp³-hybridized carbons (Fsp3) is 0.172. The van der Waals surface area contributed by atoms with Gasteiger partial charge in [0.25, 0.3) is 11.9 Å². The van der Waals surface area contributed by atoms with Gasteiger partial charge in [0.2, 0.25) is 0 Å². The third-order valence-corrected chi connectivity index (χ3v) is 6.45. The van der Waals surface area contributed by atoms with Crippen LogP contribution in [0.2, 0.25) is 0 Å². The molecule has 0 aliphatic heterocycles. The Morgan fingerprint density at radius 3 is 2.62 bits per heavy atom. The Morgan fingerprint density at radius 1 is 1.02 bits per heavy atom. The summed E-state index contributed by atoms with van der Waals surface area (Å²) >= 11 is 3.50. The largest absolute Gasteiger partial charge is 0.490 e. The molecule has 3 aromatic carbocycles. The first kappa shape index (κ1) is 28.5. The molecule has 0 saturated carbocycles. The van der Waals surface area contributed by atoms with Crippen LogP contribution in [-0.2, 0) is 9.53 Å². The van der Waals surface area contributed by atoms with E-state index in [-0.39, 0.29) is 25.1 Å². The molecule has 0 saturated heterocycles. The van der Waals surface area contributed by atoms with Crippen molar-refractivity contribution in [2.75, 3.05) is 30.6 Å². The topological polar surface area (TPSA) is 153 Å². The van der Waals surface area contributed by atoms with Crippen molar-refractivity contribution in [2.24, 2.45) is 5.10 Å². The predicted octanol–water partition coefficient (Wildman–Crippen LogP) is 5.31. The summed E-state index contributed by atoms with van der Waals surface area (Å²) in [6.45, 7) is 3.98. The van der Waals surface area contributed by atoms with E-state index in [0.717, 1.165) is 10.9 Å². The van der Waals surface area contributed by atoms with Gasteiger partial charge in [0.05, 0.1) is 29.5 Å². The van der Waals surface area contributed by atoms with Crippen molar-refractivity contribution in [2.45, 2.75) is 13.8 Å². The zero-order valence-corrected chi connectivity index (χ0v) is 24.3. The predicted molar refractivity (Wildman–Crippen MR) is 162 cm³/mol. The standard InChI is InChI=1S/C29H26BrN7O5/c1-3-40-23-14-17(15-31-36-29-34-27-25(35-37-29)20-7-5-6-8-22(20)33-27)13-21(30)26(23)42-16-24(38)32-19-11-9-18(10-12-19)28(39)41-4-2/h5-15H,3-4,16H2,1-2H3,(H,32,38)(H2,33,34,36,37)/b31-15-. The molecular formula is C29H26BrN7O5. The van der Waals surface area contributed by atoms with E-state index in [9.17, 15) is 9.59 Å². The van der Waals surface area contributed by atoms with Gasteiger partial charge in [-0.3, -0.25) is 4.79 Å². The van der Waals surface area contributed by atoms with E-state index in [1.165, 1.54) is 0 Å². The Bertz CT molecular complexity index is 1770. The van der Waals surface area contributed by atoms with Gasteiger partial charge < -0.3 is 24.5 Å². The number of halogens is 1. The summed E-state index contributed by atoms with van der Waals surface area (Å²) in [6, 6.07) is 17.7. The second-order valence-corrected chi connectivity index (χ2v) is 9.63. The minimum atomic E-state index is -0.423. The van der Waals surface area contributed by atoms with Crippen LogP contribution in [0.4, 0.5) is 11.6 Å². The van der Waals surface area contributed by atoms with Crippen molar-refractivity contribution in [3.8, 4) is 11.5 Å². The number of aromatic amines is 1. The minimum absolute atomic E-state index is 0.232. The number of carbonyl (C=O) groups is 2. The van der Waals surface area contributed by atoms with Crippen LogP contribution in [0.15, 0.2) is 70.2 Å². The number of ether oxygens (including phenoxy) is 3. The molecule has 13 heteroatoms. The first-order valence-electron chi connectivity index (χ1n) is 13.0. The zero-order valence-electron chi connectivity index (χ0n) is 22.7. The molecule has 0 fully saturated rings. The van der Waals surface area contributed by atoms with Crippen LogP contribution >= 0.6 is 15.9 Å². The molecule has 0 radical (unpaired) electrons. The number of benzene rings is 3. The lowest BCUT2D eigenvalue weighted by Gasteiger charge is -2.14. The van der Waals surface area contributed by atoms with Gasteiger partial charge in [-0.05, 0) is 77.8 Å². The van der Waals surface area contributed by atoms with Crippen molar-refractivity contribution in [3.63, 3.8) is 0 Å². The summed E-state index contributed by atoms with van der Waals surface area (Å²) in [4.78, 5) is 32.0. The van der Waals surface area contributed by atoms with Gasteiger partial charge in [-0.15, -0.1) is 10.2 Å². The molecule has 2 aromatic heterocycles. The van der Waals surface area contributed by atoms with Gasteiger partial charge >= 0.3 is 5.97 Å². The quantitative estimate of drug-likeness (QED) is 0.1000. The lowest BCUT2D eigenvalue weighted by atomic mass is 10.2. The Kier molecular flexibility index (Phi) is 8.87. The highest BCUT2D eigenvalue weighted by Gasteiger charge is 2.15. The zero-order chi connectivity index (χ0) is 29.5. The van der Waals surface area contributed by atoms with E-state index in [2.05, 4.69) is 51.9 Å². The summed E-state index contributed by atoms with van der Waals surface area (Å²) in [5, 5.41) is 16.3. The van der Waals surface area contributed by atoms with Crippen LogP contribution in [0.3, 0.4) is 0 Å². The van der Waals surface area contributed by atoms with E-state index >= 15 is 0 Å². The molecule has 12 nitrogen and oxygen atoms in total. The van der Waals surface area contributed by atoms with E-state index in [0.29, 0.717) is 50.6 Å². The number of hydrogen-bond acceptors (Lipinski definition) is 10. The number of H-pyrrole nitrogens is 1. The molecule has 0 aliphatic carbocycles. The molecule has 3 N–H and O–H groups in total. The van der Waals surface area contributed by atoms with Crippen molar-refractivity contribution < 1.29 is 23.8 Å². The van der Waals surface area contributed by atoms with Crippen LogP contribution in [0.5, 0.6) is 11.5 Å². The maximum atomic E-state index is 12.5. The Morgan fingerprint density at radius 2 is 1.83 bits per heavy atom. The average molecular weight is 632 g/mol. The van der Waals surface area contributed by atoms with Crippen LogP contribution in [0, 0.1) is 0 Å². The number of para-hydroxylation sites is 1. The molecule has 0 bridgehead atoms. The van der Waals surface area contributed by atoms with Gasteiger partial charge in [0.1, 0.15) is 5.52 Å². The van der Waals surface area contributed by atoms with Gasteiger partial charge in [-0.2, -0.15) is 10.1 Å². The summed E-state index contributed by atoms with van der Waals surface area (Å²) in [5.41, 5.74) is 6.61. The molecule has 214 valence electrons. The normalized spacial score (nSPS) is 11.1. The summed E-state index contributed by atoms with van der Waals surface area (Å²) in [6.07, 6.45) is 1.57. The number of nitrogens with one attached hydrogen (secondary N) is 3. The van der Waals surface area contributed by atoms with E-state index in [1.807, 2.05) is 31.2 Å². The fourth-order valence-corrected chi connectivity index (χ4v) is 4.61. The molecule has 5 rings (SSSR count). The van der Waals surface area contributed by atoms with Crippen molar-refractivity contribution in [3.05, 3.63) is 76.3 Å². The van der Waals surface area contributed by atoms with Gasteiger partial charge in [-0.25, -0.2) is 10.2 Å². The third-order valence-electron chi connectivity index (χ3n) is 5.86. The Hall–Kier alpha value is -5.04. The number of hydrogen-bond donors (Lipinski definition) is 3. The maximum absolute atomic E-state index is 12.5. The monoisotopic (exact) mass is 631 g/mol. The first-order chi connectivity index (χ1) is 20.4. The summed E-state index contributed by atoms with van der Waals surface area (Å²) in [5.74, 6) is 0.219. The molecule has 42 heavy (non-hydrogen) atoms. The number of anilines is 2. The van der Waals surface area contributed by atoms with Crippen LogP contribution < -0.4 is 20.2 Å². The number of hydrazone groups is 1. The maximum Gasteiger partial charge on any atom is 0.338 e. The Balaban J connectivity index is 1.22. The second-order valence-electron chi connectivity index (χ2n) is 8.77. The lowest BCUT2D eigenvalue weighted by molar-refractivity contribution is -0.118. The SMILES string of the molecule is CCOC(=O)c1ccc(NC(=O)COc2c(Br)cc(/C=N\Nc3nnc4c(n3)[nH]c3ccccc34)cc2OCC)cc1. The highest BCUT2D eigenvalue weighted by atomic mass is 79.9. The van der Waals surface area contributed by atoms with Crippen LogP contribution in [-0.4, -0.2) is 58.1 Å². The number of carbonyl (C=O) groups excluding carboxylic acids is 2. The van der Waals surface area contributed by atoms with E-state index < -0.39 is 5.97 Å². The Labute approximate surface area is 248 Å². The number of rotatable bonds is 11. The molecule has 0 atom stereocenters. The minimum Gasteiger partial charge on any atom is -0.490 e. The molecule has 0 aliphatic rings. The number of esters is 1. The molecular weight excluding hydrogens is 606 g/mol. The van der Waals surface area contributed by atoms with E-state index in [1.54, 1.807) is 49.5 Å². The highest BCUT2D eigenvalue weighted by Crippen LogP contribution is 2.36. The number of fused-ring (bicyclic) bond motifs is 3. The average Bonchev–Trinajstić information content (AvgIpc) is 3.35. The van der Waals surface area contributed by atoms with Crippen molar-refractivity contribution in [1.82, 2.24) is 20.2 Å². The lowest BCUT2D eigenvalue weighted by Crippen LogP contribution is -2.20. The molecule has 5 aromatic rings.